The molecular weight excluding hydrogens is 411 g/mol. The third kappa shape index (κ3) is 4.22. The summed E-state index contributed by atoms with van der Waals surface area (Å²) in [4.78, 5) is 22.3. The third-order valence-corrected chi connectivity index (χ3v) is 7.67. The van der Waals surface area contributed by atoms with Gasteiger partial charge in [-0.25, -0.2) is 9.34 Å². The van der Waals surface area contributed by atoms with Crippen LogP contribution >= 0.6 is 7.67 Å². The van der Waals surface area contributed by atoms with Crippen LogP contribution in [0.2, 0.25) is 0 Å². The molecule has 2 aromatic rings. The second-order valence-electron chi connectivity index (χ2n) is 7.12. The molecule has 0 spiro atoms. The van der Waals surface area contributed by atoms with Gasteiger partial charge in [-0.05, 0) is 42.8 Å². The smallest absolute Gasteiger partial charge is 0.346 e. The maximum atomic E-state index is 13.2. The summed E-state index contributed by atoms with van der Waals surface area (Å²) in [6, 6.07) is 10.4. The number of nitro groups is 1. The lowest BCUT2D eigenvalue weighted by molar-refractivity contribution is -0.385. The Morgan fingerprint density at radius 3 is 2.40 bits per heavy atom. The molecule has 2 aliphatic rings. The van der Waals surface area contributed by atoms with E-state index in [0.717, 1.165) is 26.2 Å². The number of benzene rings is 2. The van der Waals surface area contributed by atoms with Gasteiger partial charge >= 0.3 is 13.4 Å². The van der Waals surface area contributed by atoms with Crippen LogP contribution in [0.3, 0.4) is 0 Å². The molecule has 10 nitrogen and oxygen atoms in total. The first kappa shape index (κ1) is 20.5. The molecule has 1 atom stereocenters. The monoisotopic (exact) mass is 432 g/mol. The van der Waals surface area contributed by atoms with Gasteiger partial charge in [-0.1, -0.05) is 6.07 Å². The van der Waals surface area contributed by atoms with E-state index in [9.17, 15) is 19.5 Å². The maximum absolute atomic E-state index is 13.2. The van der Waals surface area contributed by atoms with Crippen molar-refractivity contribution in [3.8, 4) is 11.5 Å². The highest BCUT2D eigenvalue weighted by Crippen LogP contribution is 2.63. The van der Waals surface area contributed by atoms with E-state index in [2.05, 4.69) is 0 Å². The van der Waals surface area contributed by atoms with E-state index >= 15 is 0 Å². The Bertz CT molecular complexity index is 1040. The molecule has 2 saturated heterocycles. The SMILES string of the molecule is CC(OP(=O)(N1CC1)N1CC1)c1ccc([N+](=O)[O-])c(Oc2cccc(C(N)=O)c2)c1. The van der Waals surface area contributed by atoms with Crippen LogP contribution in [0.25, 0.3) is 0 Å². The number of carbonyl (C=O) groups excluding carboxylic acids is 1. The minimum absolute atomic E-state index is 0.0112. The molecule has 0 aromatic heterocycles. The summed E-state index contributed by atoms with van der Waals surface area (Å²) in [5.74, 6) is -0.409. The summed E-state index contributed by atoms with van der Waals surface area (Å²) in [6.07, 6.45) is -0.572. The number of hydrogen-bond acceptors (Lipinski definition) is 6. The molecule has 30 heavy (non-hydrogen) atoms. The largest absolute Gasteiger partial charge is 0.450 e. The fraction of sp³-hybridized carbons (Fsp3) is 0.316. The van der Waals surface area contributed by atoms with E-state index in [4.69, 9.17) is 15.0 Å². The number of primary amides is 1. The average molecular weight is 432 g/mol. The van der Waals surface area contributed by atoms with E-state index in [1.165, 1.54) is 24.3 Å². The molecular formula is C19H21N4O6P. The number of hydrogen-bond donors (Lipinski definition) is 1. The van der Waals surface area contributed by atoms with Crippen LogP contribution in [0.15, 0.2) is 42.5 Å². The predicted molar refractivity (Wildman–Crippen MR) is 108 cm³/mol. The minimum atomic E-state index is -3.05. The van der Waals surface area contributed by atoms with Gasteiger partial charge in [-0.2, -0.15) is 0 Å². The molecule has 2 aromatic carbocycles. The highest BCUT2D eigenvalue weighted by atomic mass is 31.2. The topological polar surface area (TPSA) is 128 Å². The number of nitrogens with zero attached hydrogens (tertiary/aromatic N) is 3. The molecule has 0 aliphatic carbocycles. The van der Waals surface area contributed by atoms with Crippen LogP contribution in [0.4, 0.5) is 5.69 Å². The highest BCUT2D eigenvalue weighted by Gasteiger charge is 2.50. The number of nitrogens with two attached hydrogens (primary N) is 1. The molecule has 1 amide bonds. The number of ether oxygens (including phenoxy) is 1. The third-order valence-electron chi connectivity index (χ3n) is 4.85. The highest BCUT2D eigenvalue weighted by molar-refractivity contribution is 7.54. The Morgan fingerprint density at radius 1 is 1.17 bits per heavy atom. The Hall–Kier alpha value is -2.78. The second kappa shape index (κ2) is 7.81. The van der Waals surface area contributed by atoms with E-state index in [-0.39, 0.29) is 22.7 Å². The molecule has 158 valence electrons. The van der Waals surface area contributed by atoms with Crippen molar-refractivity contribution in [2.45, 2.75) is 13.0 Å². The zero-order valence-corrected chi connectivity index (χ0v) is 17.2. The summed E-state index contributed by atoms with van der Waals surface area (Å²) >= 11 is 0. The number of amides is 1. The van der Waals surface area contributed by atoms with Crippen molar-refractivity contribution in [3.63, 3.8) is 0 Å². The summed E-state index contributed by atoms with van der Waals surface area (Å²) in [6.45, 7) is 4.66. The lowest BCUT2D eigenvalue weighted by atomic mass is 10.1. The van der Waals surface area contributed by atoms with Gasteiger partial charge in [-0.15, -0.1) is 0 Å². The van der Waals surface area contributed by atoms with Crippen LogP contribution in [0.5, 0.6) is 11.5 Å². The first-order valence-corrected chi connectivity index (χ1v) is 11.0. The number of carbonyl (C=O) groups is 1. The van der Waals surface area contributed by atoms with Crippen molar-refractivity contribution >= 4 is 19.3 Å². The van der Waals surface area contributed by atoms with Gasteiger partial charge in [0.05, 0.1) is 11.0 Å². The van der Waals surface area contributed by atoms with Gasteiger partial charge in [0, 0.05) is 37.8 Å². The Balaban J connectivity index is 1.61. The fourth-order valence-electron chi connectivity index (χ4n) is 3.03. The zero-order valence-electron chi connectivity index (χ0n) is 16.3. The van der Waals surface area contributed by atoms with Gasteiger partial charge in [0.1, 0.15) is 5.75 Å². The lowest BCUT2D eigenvalue weighted by Gasteiger charge is -2.24. The Morgan fingerprint density at radius 2 is 1.83 bits per heavy atom. The van der Waals surface area contributed by atoms with E-state index in [0.29, 0.717) is 5.56 Å². The molecule has 2 heterocycles. The summed E-state index contributed by atoms with van der Waals surface area (Å²) in [5, 5.41) is 11.5. The standard InChI is InChI=1S/C19H21N4O6P/c1-13(29-30(27,21-7-8-21)22-9-10-22)14-5-6-17(23(25)26)18(12-14)28-16-4-2-3-15(11-16)19(20)24/h2-6,11-13H,7-10H2,1H3,(H2,20,24). The first-order valence-electron chi connectivity index (χ1n) is 9.43. The molecule has 0 saturated carbocycles. The molecule has 4 rings (SSSR count). The van der Waals surface area contributed by atoms with Crippen molar-refractivity contribution in [2.75, 3.05) is 26.2 Å². The lowest BCUT2D eigenvalue weighted by Crippen LogP contribution is -2.11. The molecule has 2 fully saturated rings. The number of rotatable bonds is 9. The van der Waals surface area contributed by atoms with E-state index in [1.54, 1.807) is 34.5 Å². The Kier molecular flexibility index (Phi) is 5.33. The van der Waals surface area contributed by atoms with Gasteiger partial charge in [-0.3, -0.25) is 24.0 Å². The second-order valence-corrected chi connectivity index (χ2v) is 9.45. The van der Waals surface area contributed by atoms with Crippen molar-refractivity contribution < 1.29 is 23.5 Å². The van der Waals surface area contributed by atoms with Gasteiger partial charge in [0.2, 0.25) is 11.7 Å². The van der Waals surface area contributed by atoms with E-state index < -0.39 is 24.6 Å². The summed E-state index contributed by atoms with van der Waals surface area (Å²) in [7, 11) is -3.05. The zero-order chi connectivity index (χ0) is 21.5. The minimum Gasteiger partial charge on any atom is -0.450 e. The van der Waals surface area contributed by atoms with Crippen LogP contribution in [-0.4, -0.2) is 46.4 Å². The van der Waals surface area contributed by atoms with Crippen LogP contribution in [0, 0.1) is 10.1 Å². The normalized spacial score (nSPS) is 17.4. The molecule has 0 radical (unpaired) electrons. The maximum Gasteiger partial charge on any atom is 0.346 e. The van der Waals surface area contributed by atoms with Crippen molar-refractivity contribution in [1.29, 1.82) is 0 Å². The van der Waals surface area contributed by atoms with Crippen LogP contribution in [-0.2, 0) is 9.09 Å². The number of nitro benzene ring substituents is 1. The van der Waals surface area contributed by atoms with E-state index in [1.807, 2.05) is 0 Å². The van der Waals surface area contributed by atoms with Gasteiger partial charge < -0.3 is 10.5 Å². The molecule has 1 unspecified atom stereocenters. The quantitative estimate of drug-likeness (QED) is 0.277. The molecule has 11 heteroatoms. The summed E-state index contributed by atoms with van der Waals surface area (Å²) in [5.41, 5.74) is 5.85. The Labute approximate surface area is 172 Å². The van der Waals surface area contributed by atoms with Crippen molar-refractivity contribution in [2.24, 2.45) is 5.73 Å². The van der Waals surface area contributed by atoms with Crippen molar-refractivity contribution in [3.05, 3.63) is 63.7 Å². The van der Waals surface area contributed by atoms with Crippen LogP contribution in [0.1, 0.15) is 28.9 Å². The summed E-state index contributed by atoms with van der Waals surface area (Å²) < 4.78 is 28.5. The molecule has 2 N–H and O–H groups in total. The first-order chi connectivity index (χ1) is 14.3. The van der Waals surface area contributed by atoms with Crippen LogP contribution < -0.4 is 10.5 Å². The average Bonchev–Trinajstić information content (AvgIpc) is 3.59. The van der Waals surface area contributed by atoms with Crippen molar-refractivity contribution in [1.82, 2.24) is 9.34 Å². The fourth-order valence-corrected chi connectivity index (χ4v) is 5.38. The molecule has 0 bridgehead atoms. The molecule has 2 aliphatic heterocycles. The van der Waals surface area contributed by atoms with Gasteiger partial charge in [0.25, 0.3) is 0 Å². The van der Waals surface area contributed by atoms with Gasteiger partial charge in [0.15, 0.2) is 0 Å². The predicted octanol–water partition coefficient (Wildman–Crippen LogP) is 3.30.